The summed E-state index contributed by atoms with van der Waals surface area (Å²) in [7, 11) is 3.58. The molecule has 0 atom stereocenters. The average Bonchev–Trinajstić information content (AvgIpc) is 2.78. The van der Waals surface area contributed by atoms with Gasteiger partial charge in [-0.05, 0) is 19.9 Å². The molecule has 2 aromatic rings. The summed E-state index contributed by atoms with van der Waals surface area (Å²) >= 11 is 0. The zero-order chi connectivity index (χ0) is 14.0. The van der Waals surface area contributed by atoms with Crippen LogP contribution in [0.2, 0.25) is 0 Å². The Labute approximate surface area is 112 Å². The van der Waals surface area contributed by atoms with Crippen LogP contribution in [-0.2, 0) is 11.8 Å². The summed E-state index contributed by atoms with van der Waals surface area (Å²) in [5.74, 6) is 0.697. The third-order valence-electron chi connectivity index (χ3n) is 3.18. The fourth-order valence-electron chi connectivity index (χ4n) is 1.91. The van der Waals surface area contributed by atoms with E-state index in [9.17, 15) is 4.79 Å². The summed E-state index contributed by atoms with van der Waals surface area (Å²) in [4.78, 5) is 20.3. The first kappa shape index (κ1) is 13.3. The second-order valence-corrected chi connectivity index (χ2v) is 5.20. The van der Waals surface area contributed by atoms with Crippen molar-refractivity contribution in [3.63, 3.8) is 0 Å². The van der Waals surface area contributed by atoms with Gasteiger partial charge >= 0.3 is 0 Å². The van der Waals surface area contributed by atoms with Crippen LogP contribution < -0.4 is 10.6 Å². The molecule has 102 valence electrons. The molecule has 2 N–H and O–H groups in total. The van der Waals surface area contributed by atoms with Gasteiger partial charge in [-0.2, -0.15) is 0 Å². The molecule has 0 saturated heterocycles. The Bertz CT molecular complexity index is 602. The molecule has 0 spiro atoms. The van der Waals surface area contributed by atoms with Crippen LogP contribution in [-0.4, -0.2) is 34.0 Å². The minimum atomic E-state index is -0.507. The Kier molecular flexibility index (Phi) is 3.42. The van der Waals surface area contributed by atoms with Gasteiger partial charge in [0.05, 0.1) is 17.3 Å². The Morgan fingerprint density at radius 1 is 1.42 bits per heavy atom. The van der Waals surface area contributed by atoms with Crippen LogP contribution in [0.1, 0.15) is 13.8 Å². The van der Waals surface area contributed by atoms with Crippen molar-refractivity contribution in [3.8, 4) is 0 Å². The summed E-state index contributed by atoms with van der Waals surface area (Å²) in [6, 6.07) is 1.91. The van der Waals surface area contributed by atoms with Gasteiger partial charge in [0.15, 0.2) is 5.82 Å². The van der Waals surface area contributed by atoms with Gasteiger partial charge < -0.3 is 15.2 Å². The number of amides is 1. The molecule has 0 saturated carbocycles. The number of nitrogens with one attached hydrogen (secondary N) is 2. The van der Waals surface area contributed by atoms with E-state index in [1.165, 1.54) is 0 Å². The molecule has 2 rings (SSSR count). The van der Waals surface area contributed by atoms with Crippen LogP contribution in [0.25, 0.3) is 11.0 Å². The van der Waals surface area contributed by atoms with Crippen molar-refractivity contribution < 1.29 is 4.79 Å². The van der Waals surface area contributed by atoms with Crippen molar-refractivity contribution in [1.29, 1.82) is 0 Å². The molecule has 0 fully saturated rings. The van der Waals surface area contributed by atoms with Gasteiger partial charge in [0, 0.05) is 26.8 Å². The lowest BCUT2D eigenvalue weighted by atomic mass is 9.92. The summed E-state index contributed by atoms with van der Waals surface area (Å²) in [6.45, 7) is 4.27. The third kappa shape index (κ3) is 2.52. The number of hydrogen-bond acceptors (Lipinski definition) is 4. The zero-order valence-corrected chi connectivity index (χ0v) is 11.7. The Morgan fingerprint density at radius 2 is 2.16 bits per heavy atom. The standard InChI is InChI=1S/C13H19N5O/c1-13(2,12(19)14-3)7-16-11-10-9(5-6-15-11)18(4)8-17-10/h5-6,8H,7H2,1-4H3,(H,14,19)(H,15,16). The second kappa shape index (κ2) is 4.87. The molecule has 2 heterocycles. The second-order valence-electron chi connectivity index (χ2n) is 5.20. The normalized spacial score (nSPS) is 11.6. The van der Waals surface area contributed by atoms with Gasteiger partial charge in [0.2, 0.25) is 5.91 Å². The fraction of sp³-hybridized carbons (Fsp3) is 0.462. The van der Waals surface area contributed by atoms with Crippen LogP contribution in [0, 0.1) is 5.41 Å². The predicted molar refractivity (Wildman–Crippen MR) is 74.8 cm³/mol. The maximum Gasteiger partial charge on any atom is 0.227 e. The maximum atomic E-state index is 11.7. The van der Waals surface area contributed by atoms with Gasteiger partial charge in [0.1, 0.15) is 5.52 Å². The molecule has 0 aliphatic carbocycles. The van der Waals surface area contributed by atoms with Gasteiger partial charge in [0.25, 0.3) is 0 Å². The highest BCUT2D eigenvalue weighted by Crippen LogP contribution is 2.21. The van der Waals surface area contributed by atoms with E-state index in [2.05, 4.69) is 20.6 Å². The number of pyridine rings is 1. The maximum absolute atomic E-state index is 11.7. The number of imidazole rings is 1. The smallest absolute Gasteiger partial charge is 0.227 e. The van der Waals surface area contributed by atoms with Crippen LogP contribution in [0.15, 0.2) is 18.6 Å². The number of hydrogen-bond donors (Lipinski definition) is 2. The first-order valence-electron chi connectivity index (χ1n) is 6.18. The van der Waals surface area contributed by atoms with Gasteiger partial charge in [-0.25, -0.2) is 9.97 Å². The lowest BCUT2D eigenvalue weighted by molar-refractivity contribution is -0.128. The number of rotatable bonds is 4. The Balaban J connectivity index is 2.21. The summed E-state index contributed by atoms with van der Waals surface area (Å²) in [6.07, 6.45) is 3.49. The van der Waals surface area contributed by atoms with E-state index < -0.39 is 5.41 Å². The summed E-state index contributed by atoms with van der Waals surface area (Å²) in [5.41, 5.74) is 1.32. The molecular weight excluding hydrogens is 242 g/mol. The van der Waals surface area contributed by atoms with Crippen LogP contribution in [0.3, 0.4) is 0 Å². The number of aromatic nitrogens is 3. The van der Waals surface area contributed by atoms with Crippen LogP contribution in [0.4, 0.5) is 5.82 Å². The van der Waals surface area contributed by atoms with Gasteiger partial charge in [-0.1, -0.05) is 0 Å². The summed E-state index contributed by atoms with van der Waals surface area (Å²) in [5, 5.41) is 5.87. The van der Waals surface area contributed by atoms with E-state index >= 15 is 0 Å². The SMILES string of the molecule is CNC(=O)C(C)(C)CNc1nccc2c1ncn2C. The largest absolute Gasteiger partial charge is 0.367 e. The van der Waals surface area contributed by atoms with E-state index in [0.717, 1.165) is 11.0 Å². The lowest BCUT2D eigenvalue weighted by Crippen LogP contribution is -2.39. The first-order chi connectivity index (χ1) is 8.95. The van der Waals surface area contributed by atoms with E-state index in [0.29, 0.717) is 12.4 Å². The van der Waals surface area contributed by atoms with Crippen molar-refractivity contribution in [2.75, 3.05) is 18.9 Å². The molecule has 0 aliphatic heterocycles. The molecule has 6 nitrogen and oxygen atoms in total. The highest BCUT2D eigenvalue weighted by molar-refractivity contribution is 5.86. The quantitative estimate of drug-likeness (QED) is 0.866. The van der Waals surface area contributed by atoms with E-state index in [4.69, 9.17) is 0 Å². The molecule has 0 aliphatic rings. The zero-order valence-electron chi connectivity index (χ0n) is 11.7. The number of aryl methyl sites for hydroxylation is 1. The van der Waals surface area contributed by atoms with Crippen molar-refractivity contribution in [2.24, 2.45) is 12.5 Å². The Hall–Kier alpha value is -2.11. The minimum Gasteiger partial charge on any atom is -0.367 e. The van der Waals surface area contributed by atoms with Crippen molar-refractivity contribution >= 4 is 22.8 Å². The highest BCUT2D eigenvalue weighted by Gasteiger charge is 2.26. The van der Waals surface area contributed by atoms with Crippen LogP contribution in [0.5, 0.6) is 0 Å². The Morgan fingerprint density at radius 3 is 2.84 bits per heavy atom. The van der Waals surface area contributed by atoms with Crippen molar-refractivity contribution in [1.82, 2.24) is 19.9 Å². The third-order valence-corrected chi connectivity index (χ3v) is 3.18. The number of fused-ring (bicyclic) bond motifs is 1. The molecule has 6 heteroatoms. The van der Waals surface area contributed by atoms with E-state index in [-0.39, 0.29) is 5.91 Å². The van der Waals surface area contributed by atoms with Crippen molar-refractivity contribution in [3.05, 3.63) is 18.6 Å². The molecule has 0 unspecified atom stereocenters. The molecule has 0 bridgehead atoms. The van der Waals surface area contributed by atoms with E-state index in [1.54, 1.807) is 19.6 Å². The topological polar surface area (TPSA) is 71.8 Å². The van der Waals surface area contributed by atoms with Crippen LogP contribution >= 0.6 is 0 Å². The highest BCUT2D eigenvalue weighted by atomic mass is 16.2. The van der Waals surface area contributed by atoms with E-state index in [1.807, 2.05) is 31.5 Å². The number of carbonyl (C=O) groups is 1. The number of nitrogens with zero attached hydrogens (tertiary/aromatic N) is 3. The minimum absolute atomic E-state index is 0.00630. The molecule has 0 radical (unpaired) electrons. The predicted octanol–water partition coefficient (Wildman–Crippen LogP) is 1.15. The molecule has 0 aromatic carbocycles. The number of carbonyl (C=O) groups excluding carboxylic acids is 1. The molecule has 19 heavy (non-hydrogen) atoms. The van der Waals surface area contributed by atoms with Crippen molar-refractivity contribution in [2.45, 2.75) is 13.8 Å². The fourth-order valence-corrected chi connectivity index (χ4v) is 1.91. The monoisotopic (exact) mass is 261 g/mol. The molecule has 2 aromatic heterocycles. The van der Waals surface area contributed by atoms with Gasteiger partial charge in [-0.3, -0.25) is 4.79 Å². The van der Waals surface area contributed by atoms with Gasteiger partial charge in [-0.15, -0.1) is 0 Å². The lowest BCUT2D eigenvalue weighted by Gasteiger charge is -2.23. The first-order valence-corrected chi connectivity index (χ1v) is 6.18. The molecule has 1 amide bonds. The average molecular weight is 261 g/mol. The summed E-state index contributed by atoms with van der Waals surface area (Å²) < 4.78 is 1.94. The molecular formula is C13H19N5O. The number of anilines is 1.